The molecule has 0 heterocycles. The fourth-order valence-electron chi connectivity index (χ4n) is 3.48. The smallest absolute Gasteiger partial charge is 0.153 e. The third kappa shape index (κ3) is 5.50. The summed E-state index contributed by atoms with van der Waals surface area (Å²) in [5.41, 5.74) is 1.40. The van der Waals surface area contributed by atoms with Gasteiger partial charge in [0, 0.05) is 22.8 Å². The molecule has 0 saturated heterocycles. The average Bonchev–Trinajstić information content (AvgIpc) is 2.88. The highest BCUT2D eigenvalue weighted by Gasteiger charge is 2.15. The van der Waals surface area contributed by atoms with E-state index in [1.54, 1.807) is 30.3 Å². The fourth-order valence-corrected chi connectivity index (χ4v) is 3.48. The van der Waals surface area contributed by atoms with Gasteiger partial charge in [-0.2, -0.15) is 5.26 Å². The van der Waals surface area contributed by atoms with Gasteiger partial charge in [-0.1, -0.05) is 30.3 Å². The zero-order valence-corrected chi connectivity index (χ0v) is 18.3. The molecule has 0 spiro atoms. The van der Waals surface area contributed by atoms with E-state index in [0.29, 0.717) is 23.2 Å². The van der Waals surface area contributed by atoms with E-state index in [4.69, 9.17) is 14.7 Å². The van der Waals surface area contributed by atoms with E-state index in [1.165, 1.54) is 30.3 Å². The molecule has 7 heteroatoms. The van der Waals surface area contributed by atoms with Crippen molar-refractivity contribution in [3.63, 3.8) is 0 Å². The maximum absolute atomic E-state index is 15.1. The molecular weight excluding hydrogens is 455 g/mol. The number of ether oxygens (including phenoxy) is 2. The Morgan fingerprint density at radius 2 is 1.66 bits per heavy atom. The lowest BCUT2D eigenvalue weighted by molar-refractivity contribution is 0.111. The summed E-state index contributed by atoms with van der Waals surface area (Å²) >= 11 is 0. The molecule has 35 heavy (non-hydrogen) atoms. The van der Waals surface area contributed by atoms with Gasteiger partial charge in [-0.25, -0.2) is 13.2 Å². The molecule has 4 aromatic rings. The van der Waals surface area contributed by atoms with E-state index < -0.39 is 17.5 Å². The number of hydrogen-bond donors (Lipinski definition) is 0. The van der Waals surface area contributed by atoms with Crippen molar-refractivity contribution < 1.29 is 27.4 Å². The molecule has 0 aliphatic carbocycles. The van der Waals surface area contributed by atoms with Gasteiger partial charge in [0.1, 0.15) is 42.2 Å². The van der Waals surface area contributed by atoms with E-state index in [-0.39, 0.29) is 35.7 Å². The number of hydrogen-bond acceptors (Lipinski definition) is 4. The van der Waals surface area contributed by atoms with Crippen molar-refractivity contribution in [3.8, 4) is 28.7 Å². The van der Waals surface area contributed by atoms with Gasteiger partial charge in [-0.05, 0) is 48.0 Å². The standard InChI is InChI=1S/C28H18F3NO3/c29-22-8-10-26(30)25(12-22)24-6-2-5-21(28(24)31)17-34-23-9-7-20(15-33)27(13-23)35-16-19-4-1-3-18(11-19)14-32/h1-13,15H,16-17H2. The van der Waals surface area contributed by atoms with Gasteiger partial charge >= 0.3 is 0 Å². The molecule has 0 saturated carbocycles. The third-order valence-electron chi connectivity index (χ3n) is 5.25. The molecule has 0 radical (unpaired) electrons. The van der Waals surface area contributed by atoms with E-state index in [0.717, 1.165) is 23.8 Å². The molecule has 0 aromatic heterocycles. The fraction of sp³-hybridized carbons (Fsp3) is 0.0714. The van der Waals surface area contributed by atoms with Gasteiger partial charge in [0.15, 0.2) is 6.29 Å². The second kappa shape index (κ2) is 10.6. The number of aldehydes is 1. The molecule has 4 aromatic carbocycles. The maximum Gasteiger partial charge on any atom is 0.153 e. The predicted molar refractivity (Wildman–Crippen MR) is 123 cm³/mol. The van der Waals surface area contributed by atoms with Gasteiger partial charge in [0.05, 0.1) is 17.2 Å². The van der Waals surface area contributed by atoms with Crippen LogP contribution in [0.1, 0.15) is 27.0 Å². The van der Waals surface area contributed by atoms with Crippen LogP contribution in [0.25, 0.3) is 11.1 Å². The molecule has 0 N–H and O–H groups in total. The average molecular weight is 473 g/mol. The molecule has 4 rings (SSSR count). The third-order valence-corrected chi connectivity index (χ3v) is 5.25. The Balaban J connectivity index is 1.52. The quantitative estimate of drug-likeness (QED) is 0.270. The number of benzene rings is 4. The Labute approximate surface area is 199 Å². The van der Waals surface area contributed by atoms with Gasteiger partial charge in [0.2, 0.25) is 0 Å². The van der Waals surface area contributed by atoms with Crippen molar-refractivity contribution in [2.75, 3.05) is 0 Å². The minimum atomic E-state index is -0.741. The second-order valence-electron chi connectivity index (χ2n) is 7.61. The highest BCUT2D eigenvalue weighted by Crippen LogP contribution is 2.30. The van der Waals surface area contributed by atoms with Crippen LogP contribution in [-0.4, -0.2) is 6.29 Å². The van der Waals surface area contributed by atoms with E-state index >= 15 is 4.39 Å². The second-order valence-corrected chi connectivity index (χ2v) is 7.61. The van der Waals surface area contributed by atoms with Gasteiger partial charge < -0.3 is 9.47 Å². The number of carbonyl (C=O) groups excluding carboxylic acids is 1. The van der Waals surface area contributed by atoms with Crippen LogP contribution in [0.2, 0.25) is 0 Å². The first-order chi connectivity index (χ1) is 17.0. The highest BCUT2D eigenvalue weighted by atomic mass is 19.1. The summed E-state index contributed by atoms with van der Waals surface area (Å²) in [5.74, 6) is -1.57. The van der Waals surface area contributed by atoms with E-state index in [1.807, 2.05) is 0 Å². The molecule has 174 valence electrons. The summed E-state index contributed by atoms with van der Waals surface area (Å²) in [4.78, 5) is 11.4. The van der Waals surface area contributed by atoms with Crippen molar-refractivity contribution in [1.29, 1.82) is 5.26 Å². The van der Waals surface area contributed by atoms with Crippen LogP contribution in [0.5, 0.6) is 11.5 Å². The van der Waals surface area contributed by atoms with Crippen molar-refractivity contribution in [2.24, 2.45) is 0 Å². The molecule has 0 aliphatic heterocycles. The van der Waals surface area contributed by atoms with Crippen LogP contribution in [0.4, 0.5) is 13.2 Å². The summed E-state index contributed by atoms with van der Waals surface area (Å²) in [6.07, 6.45) is 0.640. The molecule has 0 unspecified atom stereocenters. The van der Waals surface area contributed by atoms with Crippen molar-refractivity contribution in [1.82, 2.24) is 0 Å². The van der Waals surface area contributed by atoms with E-state index in [2.05, 4.69) is 6.07 Å². The predicted octanol–water partition coefficient (Wildman–Crippen LogP) is 6.61. The molecule has 0 bridgehead atoms. The van der Waals surface area contributed by atoms with Crippen LogP contribution >= 0.6 is 0 Å². The first-order valence-electron chi connectivity index (χ1n) is 10.5. The van der Waals surface area contributed by atoms with Crippen molar-refractivity contribution in [2.45, 2.75) is 13.2 Å². The number of halogens is 3. The Morgan fingerprint density at radius 3 is 2.46 bits per heavy atom. The van der Waals surface area contributed by atoms with Crippen LogP contribution in [0.15, 0.2) is 78.9 Å². The topological polar surface area (TPSA) is 59.3 Å². The van der Waals surface area contributed by atoms with Gasteiger partial charge in [0.25, 0.3) is 0 Å². The van der Waals surface area contributed by atoms with Gasteiger partial charge in [-0.3, -0.25) is 4.79 Å². The lowest BCUT2D eigenvalue weighted by Crippen LogP contribution is -2.02. The number of nitrogens with zero attached hydrogens (tertiary/aromatic N) is 1. The highest BCUT2D eigenvalue weighted by molar-refractivity contribution is 5.79. The molecule has 0 atom stereocenters. The Kier molecular flexibility index (Phi) is 7.12. The molecule has 0 fully saturated rings. The van der Waals surface area contributed by atoms with Crippen LogP contribution in [0, 0.1) is 28.8 Å². The Bertz CT molecular complexity index is 1430. The molecule has 4 nitrogen and oxygen atoms in total. The first-order valence-corrected chi connectivity index (χ1v) is 10.5. The minimum absolute atomic E-state index is 0.0805. The summed E-state index contributed by atoms with van der Waals surface area (Å²) in [7, 11) is 0. The molecular formula is C28H18F3NO3. The zero-order valence-electron chi connectivity index (χ0n) is 18.3. The molecule has 0 amide bonds. The summed E-state index contributed by atoms with van der Waals surface area (Å²) in [6.45, 7) is -0.0730. The molecule has 0 aliphatic rings. The maximum atomic E-state index is 15.1. The monoisotopic (exact) mass is 473 g/mol. The summed E-state index contributed by atoms with van der Waals surface area (Å²) in [6, 6.07) is 20.7. The van der Waals surface area contributed by atoms with Crippen LogP contribution < -0.4 is 9.47 Å². The SMILES string of the molecule is N#Cc1cccc(COc2cc(OCc3cccc(-c4cc(F)ccc4F)c3F)ccc2C=O)c1. The zero-order chi connectivity index (χ0) is 24.8. The van der Waals surface area contributed by atoms with Crippen LogP contribution in [-0.2, 0) is 13.2 Å². The van der Waals surface area contributed by atoms with Gasteiger partial charge in [-0.15, -0.1) is 0 Å². The number of nitriles is 1. The van der Waals surface area contributed by atoms with Crippen molar-refractivity contribution in [3.05, 3.63) is 119 Å². The van der Waals surface area contributed by atoms with E-state index in [9.17, 15) is 13.6 Å². The lowest BCUT2D eigenvalue weighted by Gasteiger charge is -2.13. The first kappa shape index (κ1) is 23.6. The summed E-state index contributed by atoms with van der Waals surface area (Å²) < 4.78 is 54.3. The minimum Gasteiger partial charge on any atom is -0.489 e. The number of carbonyl (C=O) groups is 1. The van der Waals surface area contributed by atoms with Crippen LogP contribution in [0.3, 0.4) is 0 Å². The Hall–Kier alpha value is -4.57. The lowest BCUT2D eigenvalue weighted by atomic mass is 10.0. The number of rotatable bonds is 8. The largest absolute Gasteiger partial charge is 0.489 e. The normalized spacial score (nSPS) is 10.5. The van der Waals surface area contributed by atoms with Crippen molar-refractivity contribution >= 4 is 6.29 Å². The Morgan fingerprint density at radius 1 is 0.829 bits per heavy atom. The summed E-state index contributed by atoms with van der Waals surface area (Å²) in [5, 5.41) is 9.03.